The molecule has 0 saturated carbocycles. The van der Waals surface area contributed by atoms with E-state index >= 15 is 0 Å². The number of hydrogen-bond acceptors (Lipinski definition) is 7. The summed E-state index contributed by atoms with van der Waals surface area (Å²) in [7, 11) is 0. The molecule has 2 aromatic carbocycles. The SMILES string of the molecule is N#CC(=Cc1ccccc1OC(F)F)C(=O)Nc1cc2c(cc1[N+](=O)[O-])OCCO2. The molecular weight excluding hydrogens is 404 g/mol. The molecular formula is C19H13F2N3O6. The first kappa shape index (κ1) is 20.5. The van der Waals surface area contributed by atoms with Gasteiger partial charge in [-0.3, -0.25) is 14.9 Å². The molecule has 2 aromatic rings. The van der Waals surface area contributed by atoms with Crippen molar-refractivity contribution < 1.29 is 32.7 Å². The van der Waals surface area contributed by atoms with E-state index in [1.807, 2.05) is 0 Å². The van der Waals surface area contributed by atoms with Gasteiger partial charge in [-0.05, 0) is 12.1 Å². The van der Waals surface area contributed by atoms with Gasteiger partial charge in [-0.15, -0.1) is 0 Å². The molecule has 30 heavy (non-hydrogen) atoms. The maximum atomic E-state index is 12.6. The van der Waals surface area contributed by atoms with Gasteiger partial charge in [0.25, 0.3) is 11.6 Å². The molecule has 0 unspecified atom stereocenters. The van der Waals surface area contributed by atoms with E-state index in [9.17, 15) is 29.0 Å². The number of nitro benzene ring substituents is 1. The van der Waals surface area contributed by atoms with Gasteiger partial charge in [-0.2, -0.15) is 14.0 Å². The number of nitriles is 1. The summed E-state index contributed by atoms with van der Waals surface area (Å²) < 4.78 is 40.1. The summed E-state index contributed by atoms with van der Waals surface area (Å²) in [6, 6.07) is 9.52. The first-order chi connectivity index (χ1) is 14.4. The lowest BCUT2D eigenvalue weighted by molar-refractivity contribution is -0.384. The van der Waals surface area contributed by atoms with Crippen molar-refractivity contribution in [3.8, 4) is 23.3 Å². The summed E-state index contributed by atoms with van der Waals surface area (Å²) in [4.78, 5) is 23.2. The van der Waals surface area contributed by atoms with Gasteiger partial charge in [-0.25, -0.2) is 0 Å². The van der Waals surface area contributed by atoms with Crippen molar-refractivity contribution in [1.82, 2.24) is 0 Å². The Morgan fingerprint density at radius 1 is 1.27 bits per heavy atom. The Hall–Kier alpha value is -4.20. The summed E-state index contributed by atoms with van der Waals surface area (Å²) in [6.45, 7) is -2.65. The Morgan fingerprint density at radius 2 is 1.93 bits per heavy atom. The molecule has 0 saturated heterocycles. The van der Waals surface area contributed by atoms with Crippen molar-refractivity contribution in [2.75, 3.05) is 18.5 Å². The van der Waals surface area contributed by atoms with Crippen LogP contribution in [0.15, 0.2) is 42.0 Å². The number of carbonyl (C=O) groups excluding carboxylic acids is 1. The fraction of sp³-hybridized carbons (Fsp3) is 0.158. The first-order valence-electron chi connectivity index (χ1n) is 8.44. The molecule has 0 atom stereocenters. The molecule has 1 heterocycles. The molecule has 1 N–H and O–H groups in total. The molecule has 0 fully saturated rings. The molecule has 0 spiro atoms. The Bertz CT molecular complexity index is 1060. The molecule has 3 rings (SSSR count). The molecule has 0 aromatic heterocycles. The smallest absolute Gasteiger partial charge is 0.387 e. The molecule has 9 nitrogen and oxygen atoms in total. The van der Waals surface area contributed by atoms with Gasteiger partial charge in [0.1, 0.15) is 36.3 Å². The lowest BCUT2D eigenvalue weighted by Gasteiger charge is -2.19. The van der Waals surface area contributed by atoms with Crippen LogP contribution in [0.2, 0.25) is 0 Å². The number of nitrogens with zero attached hydrogens (tertiary/aromatic N) is 2. The van der Waals surface area contributed by atoms with Crippen LogP contribution in [0.5, 0.6) is 17.2 Å². The largest absolute Gasteiger partial charge is 0.486 e. The van der Waals surface area contributed by atoms with Crippen LogP contribution in [-0.2, 0) is 4.79 Å². The van der Waals surface area contributed by atoms with Crippen LogP contribution in [0.3, 0.4) is 0 Å². The van der Waals surface area contributed by atoms with Crippen LogP contribution in [-0.4, -0.2) is 30.7 Å². The summed E-state index contributed by atoms with van der Waals surface area (Å²) in [5.74, 6) is -0.872. The molecule has 1 amide bonds. The van der Waals surface area contributed by atoms with Gasteiger partial charge < -0.3 is 19.5 Å². The van der Waals surface area contributed by atoms with Crippen molar-refractivity contribution in [3.63, 3.8) is 0 Å². The van der Waals surface area contributed by atoms with Crippen molar-refractivity contribution in [2.24, 2.45) is 0 Å². The number of alkyl halides is 2. The molecule has 0 radical (unpaired) electrons. The number of benzene rings is 2. The van der Waals surface area contributed by atoms with Gasteiger partial charge in [0.15, 0.2) is 11.5 Å². The van der Waals surface area contributed by atoms with E-state index in [0.29, 0.717) is 0 Å². The highest BCUT2D eigenvalue weighted by molar-refractivity contribution is 6.10. The molecule has 0 aliphatic carbocycles. The number of hydrogen-bond donors (Lipinski definition) is 1. The van der Waals surface area contributed by atoms with Crippen LogP contribution in [0.4, 0.5) is 20.2 Å². The normalized spacial score (nSPS) is 12.8. The highest BCUT2D eigenvalue weighted by atomic mass is 19.3. The first-order valence-corrected chi connectivity index (χ1v) is 8.44. The number of carbonyl (C=O) groups is 1. The standard InChI is InChI=1S/C19H13F2N3O6/c20-19(21)30-15-4-2-1-3-11(15)7-12(10-22)18(25)23-13-8-16-17(29-6-5-28-16)9-14(13)24(26)27/h1-4,7-9,19H,5-6H2,(H,23,25). The zero-order valence-corrected chi connectivity index (χ0v) is 15.1. The average molecular weight is 417 g/mol. The van der Waals surface area contributed by atoms with E-state index in [-0.39, 0.29) is 41.7 Å². The lowest BCUT2D eigenvalue weighted by atomic mass is 10.1. The van der Waals surface area contributed by atoms with Gasteiger partial charge in [0, 0.05) is 11.6 Å². The van der Waals surface area contributed by atoms with Crippen LogP contribution in [0.1, 0.15) is 5.56 Å². The van der Waals surface area contributed by atoms with E-state index < -0.39 is 28.7 Å². The van der Waals surface area contributed by atoms with Crippen molar-refractivity contribution >= 4 is 23.4 Å². The fourth-order valence-electron chi connectivity index (χ4n) is 2.63. The maximum absolute atomic E-state index is 12.6. The van der Waals surface area contributed by atoms with Gasteiger partial charge in [-0.1, -0.05) is 18.2 Å². The molecule has 1 aliphatic heterocycles. The molecule has 1 aliphatic rings. The van der Waals surface area contributed by atoms with E-state index in [1.165, 1.54) is 30.3 Å². The monoisotopic (exact) mass is 417 g/mol. The number of rotatable bonds is 6. The second-order valence-corrected chi connectivity index (χ2v) is 5.81. The number of anilines is 1. The Balaban J connectivity index is 1.92. The molecule has 0 bridgehead atoms. The quantitative estimate of drug-likeness (QED) is 0.330. The van der Waals surface area contributed by atoms with E-state index in [1.54, 1.807) is 6.07 Å². The number of nitro groups is 1. The van der Waals surface area contributed by atoms with Crippen molar-refractivity contribution in [3.05, 3.63) is 57.6 Å². The van der Waals surface area contributed by atoms with Crippen LogP contribution >= 0.6 is 0 Å². The van der Waals surface area contributed by atoms with Gasteiger partial charge in [0.2, 0.25) is 0 Å². The summed E-state index contributed by atoms with van der Waals surface area (Å²) in [5.41, 5.74) is -1.11. The molecule has 11 heteroatoms. The Morgan fingerprint density at radius 3 is 2.57 bits per heavy atom. The summed E-state index contributed by atoms with van der Waals surface area (Å²) >= 11 is 0. The van der Waals surface area contributed by atoms with E-state index in [2.05, 4.69) is 10.1 Å². The minimum atomic E-state index is -3.10. The van der Waals surface area contributed by atoms with Crippen molar-refractivity contribution in [1.29, 1.82) is 5.26 Å². The third-order valence-corrected chi connectivity index (χ3v) is 3.91. The van der Waals surface area contributed by atoms with E-state index in [4.69, 9.17) is 9.47 Å². The highest BCUT2D eigenvalue weighted by Crippen LogP contribution is 2.39. The number of fused-ring (bicyclic) bond motifs is 1. The zero-order valence-electron chi connectivity index (χ0n) is 15.1. The lowest BCUT2D eigenvalue weighted by Crippen LogP contribution is -2.18. The topological polar surface area (TPSA) is 124 Å². The number of halogens is 2. The minimum absolute atomic E-state index is 0.0566. The predicted octanol–water partition coefficient (Wildman–Crippen LogP) is 3.51. The number of amides is 1. The predicted molar refractivity (Wildman–Crippen MR) is 99.4 cm³/mol. The van der Waals surface area contributed by atoms with E-state index in [0.717, 1.165) is 12.1 Å². The second-order valence-electron chi connectivity index (χ2n) is 5.81. The summed E-state index contributed by atoms with van der Waals surface area (Å²) in [5, 5.41) is 23.0. The third-order valence-electron chi connectivity index (χ3n) is 3.91. The number of nitrogens with one attached hydrogen (secondary N) is 1. The van der Waals surface area contributed by atoms with Crippen LogP contribution in [0.25, 0.3) is 6.08 Å². The van der Waals surface area contributed by atoms with Crippen molar-refractivity contribution in [2.45, 2.75) is 6.61 Å². The average Bonchev–Trinajstić information content (AvgIpc) is 2.72. The minimum Gasteiger partial charge on any atom is -0.486 e. The Labute approximate surface area is 168 Å². The summed E-state index contributed by atoms with van der Waals surface area (Å²) in [6.07, 6.45) is 1.04. The number of para-hydroxylation sites is 1. The zero-order chi connectivity index (χ0) is 21.7. The molecule has 154 valence electrons. The Kier molecular flexibility index (Phi) is 6.07. The van der Waals surface area contributed by atoms with Gasteiger partial charge in [0.05, 0.1) is 11.0 Å². The van der Waals surface area contributed by atoms with Crippen LogP contribution < -0.4 is 19.5 Å². The highest BCUT2D eigenvalue weighted by Gasteiger charge is 2.24. The third kappa shape index (κ3) is 4.61. The second kappa shape index (κ2) is 8.87. The maximum Gasteiger partial charge on any atom is 0.387 e. The fourth-order valence-corrected chi connectivity index (χ4v) is 2.63. The van der Waals surface area contributed by atoms with Crippen LogP contribution in [0, 0.1) is 21.4 Å². The van der Waals surface area contributed by atoms with Gasteiger partial charge >= 0.3 is 6.61 Å². The number of ether oxygens (including phenoxy) is 3.